The van der Waals surface area contributed by atoms with Crippen LogP contribution in [0.25, 0.3) is 0 Å². The van der Waals surface area contributed by atoms with Crippen LogP contribution < -0.4 is 17.0 Å². The molecule has 1 unspecified atom stereocenters. The molecular formula is C12H12ClFN4. The lowest BCUT2D eigenvalue weighted by Gasteiger charge is -2.18. The van der Waals surface area contributed by atoms with Crippen LogP contribution in [0.4, 0.5) is 10.1 Å². The first kappa shape index (κ1) is 12.8. The first-order valence-electron chi connectivity index (χ1n) is 5.23. The Bertz CT molecular complexity index is 562. The summed E-state index contributed by atoms with van der Waals surface area (Å²) < 4.78 is 13.2. The fourth-order valence-electron chi connectivity index (χ4n) is 1.76. The van der Waals surface area contributed by atoms with Gasteiger partial charge in [-0.05, 0) is 29.3 Å². The number of benzene rings is 1. The number of nitrogens with two attached hydrogens (primary N) is 2. The lowest BCUT2D eigenvalue weighted by molar-refractivity contribution is 0.598. The largest absolute Gasteiger partial charge is 0.398 e. The van der Waals surface area contributed by atoms with Gasteiger partial charge in [0.15, 0.2) is 0 Å². The van der Waals surface area contributed by atoms with Gasteiger partial charge in [-0.1, -0.05) is 17.7 Å². The Morgan fingerprint density at radius 2 is 2.06 bits per heavy atom. The highest BCUT2D eigenvalue weighted by Crippen LogP contribution is 2.28. The zero-order valence-corrected chi connectivity index (χ0v) is 10.2. The highest BCUT2D eigenvalue weighted by Gasteiger charge is 2.16. The van der Waals surface area contributed by atoms with Crippen LogP contribution >= 0.6 is 11.6 Å². The molecule has 0 saturated carbocycles. The number of nitrogens with one attached hydrogen (secondary N) is 1. The zero-order valence-electron chi connectivity index (χ0n) is 9.40. The van der Waals surface area contributed by atoms with Gasteiger partial charge in [-0.2, -0.15) is 0 Å². The lowest BCUT2D eigenvalue weighted by atomic mass is 9.99. The molecule has 1 atom stereocenters. The van der Waals surface area contributed by atoms with Crippen molar-refractivity contribution in [2.75, 3.05) is 5.73 Å². The van der Waals surface area contributed by atoms with Crippen LogP contribution in [0.2, 0.25) is 5.02 Å². The quantitative estimate of drug-likeness (QED) is 0.451. The van der Waals surface area contributed by atoms with Crippen LogP contribution in [0, 0.1) is 5.82 Å². The van der Waals surface area contributed by atoms with E-state index in [1.807, 2.05) is 0 Å². The Hall–Kier alpha value is -1.69. The van der Waals surface area contributed by atoms with Crippen LogP contribution in [0.1, 0.15) is 17.2 Å². The predicted molar refractivity (Wildman–Crippen MR) is 69.2 cm³/mol. The average Bonchev–Trinajstić information content (AvgIpc) is 2.33. The van der Waals surface area contributed by atoms with Crippen molar-refractivity contribution in [1.82, 2.24) is 10.4 Å². The summed E-state index contributed by atoms with van der Waals surface area (Å²) >= 11 is 5.83. The highest BCUT2D eigenvalue weighted by molar-refractivity contribution is 6.30. The van der Waals surface area contributed by atoms with E-state index in [-0.39, 0.29) is 0 Å². The molecule has 2 rings (SSSR count). The van der Waals surface area contributed by atoms with E-state index >= 15 is 0 Å². The number of halogens is 2. The number of rotatable bonds is 3. The molecular weight excluding hydrogens is 255 g/mol. The van der Waals surface area contributed by atoms with E-state index in [0.717, 1.165) is 6.20 Å². The second-order valence-corrected chi connectivity index (χ2v) is 4.25. The summed E-state index contributed by atoms with van der Waals surface area (Å²) in [4.78, 5) is 3.79. The second-order valence-electron chi connectivity index (χ2n) is 3.81. The Labute approximate surface area is 109 Å². The molecule has 0 amide bonds. The van der Waals surface area contributed by atoms with Crippen LogP contribution in [-0.4, -0.2) is 4.98 Å². The molecule has 2 aromatic rings. The molecule has 6 heteroatoms. The maximum atomic E-state index is 13.2. The van der Waals surface area contributed by atoms with Gasteiger partial charge in [-0.15, -0.1) is 0 Å². The Kier molecular flexibility index (Phi) is 3.76. The van der Waals surface area contributed by atoms with E-state index in [9.17, 15) is 4.39 Å². The summed E-state index contributed by atoms with van der Waals surface area (Å²) in [5, 5.41) is 0.532. The lowest BCUT2D eigenvalue weighted by Crippen LogP contribution is -2.29. The van der Waals surface area contributed by atoms with Crippen LogP contribution in [0.15, 0.2) is 36.7 Å². The summed E-state index contributed by atoms with van der Waals surface area (Å²) in [6, 6.07) is 5.97. The number of anilines is 1. The van der Waals surface area contributed by atoms with Gasteiger partial charge in [0.1, 0.15) is 5.82 Å². The molecule has 1 aromatic carbocycles. The Morgan fingerprint density at radius 3 is 2.67 bits per heavy atom. The number of nitrogen functional groups attached to an aromatic ring is 1. The van der Waals surface area contributed by atoms with Crippen molar-refractivity contribution >= 4 is 17.3 Å². The Morgan fingerprint density at radius 1 is 1.28 bits per heavy atom. The second kappa shape index (κ2) is 5.30. The summed E-state index contributed by atoms with van der Waals surface area (Å²) in [7, 11) is 0. The number of aromatic nitrogens is 1. The molecule has 0 aliphatic rings. The normalized spacial score (nSPS) is 12.4. The van der Waals surface area contributed by atoms with Gasteiger partial charge in [0, 0.05) is 16.9 Å². The van der Waals surface area contributed by atoms with Gasteiger partial charge in [-0.25, -0.2) is 9.82 Å². The minimum absolute atomic E-state index is 0.430. The third-order valence-electron chi connectivity index (χ3n) is 2.59. The van der Waals surface area contributed by atoms with Gasteiger partial charge >= 0.3 is 0 Å². The number of hydrogen-bond acceptors (Lipinski definition) is 4. The molecule has 0 bridgehead atoms. The predicted octanol–water partition coefficient (Wildman–Crippen LogP) is 2.01. The van der Waals surface area contributed by atoms with E-state index in [1.165, 1.54) is 12.3 Å². The smallest absolute Gasteiger partial charge is 0.141 e. The molecule has 1 heterocycles. The van der Waals surface area contributed by atoms with Crippen molar-refractivity contribution in [3.05, 3.63) is 58.6 Å². The number of hydrazine groups is 1. The molecule has 18 heavy (non-hydrogen) atoms. The van der Waals surface area contributed by atoms with Crippen molar-refractivity contribution < 1.29 is 4.39 Å². The molecule has 0 aliphatic carbocycles. The molecule has 94 valence electrons. The van der Waals surface area contributed by atoms with Gasteiger partial charge in [0.2, 0.25) is 0 Å². The van der Waals surface area contributed by atoms with Crippen LogP contribution in [0.3, 0.4) is 0 Å². The van der Waals surface area contributed by atoms with Gasteiger partial charge in [-0.3, -0.25) is 10.8 Å². The standard InChI is InChI=1S/C12H12ClFN4/c13-8-1-2-10(11(15)4-8)12(18-16)7-3-9(14)6-17-5-7/h1-6,12,18H,15-16H2. The molecule has 0 radical (unpaired) electrons. The van der Waals surface area contributed by atoms with E-state index in [2.05, 4.69) is 10.4 Å². The SMILES string of the molecule is NNC(c1cncc(F)c1)c1ccc(Cl)cc1N. The molecule has 0 saturated heterocycles. The van der Waals surface area contributed by atoms with Crippen molar-refractivity contribution in [2.45, 2.75) is 6.04 Å². The van der Waals surface area contributed by atoms with Crippen LogP contribution in [-0.2, 0) is 0 Å². The average molecular weight is 267 g/mol. The molecule has 1 aromatic heterocycles. The fourth-order valence-corrected chi connectivity index (χ4v) is 1.94. The van der Waals surface area contributed by atoms with Crippen molar-refractivity contribution in [3.8, 4) is 0 Å². The van der Waals surface area contributed by atoms with Gasteiger partial charge in [0.05, 0.1) is 12.2 Å². The monoisotopic (exact) mass is 266 g/mol. The molecule has 0 aliphatic heterocycles. The first-order chi connectivity index (χ1) is 8.61. The maximum absolute atomic E-state index is 13.2. The van der Waals surface area contributed by atoms with Crippen molar-refractivity contribution in [3.63, 3.8) is 0 Å². The van der Waals surface area contributed by atoms with Gasteiger partial charge < -0.3 is 5.73 Å². The molecule has 0 fully saturated rings. The maximum Gasteiger partial charge on any atom is 0.141 e. The fraction of sp³-hybridized carbons (Fsp3) is 0.0833. The van der Waals surface area contributed by atoms with E-state index < -0.39 is 11.9 Å². The van der Waals surface area contributed by atoms with Crippen LogP contribution in [0.5, 0.6) is 0 Å². The number of nitrogens with zero attached hydrogens (tertiary/aromatic N) is 1. The third kappa shape index (κ3) is 2.59. The minimum atomic E-state index is -0.439. The van der Waals surface area contributed by atoms with Gasteiger partial charge in [0.25, 0.3) is 0 Å². The van der Waals surface area contributed by atoms with E-state index in [1.54, 1.807) is 18.2 Å². The van der Waals surface area contributed by atoms with Crippen molar-refractivity contribution in [1.29, 1.82) is 0 Å². The third-order valence-corrected chi connectivity index (χ3v) is 2.82. The number of pyridine rings is 1. The summed E-state index contributed by atoms with van der Waals surface area (Å²) in [5.74, 6) is 5.07. The van der Waals surface area contributed by atoms with E-state index in [0.29, 0.717) is 21.8 Å². The molecule has 4 nitrogen and oxygen atoms in total. The number of hydrogen-bond donors (Lipinski definition) is 3. The van der Waals surface area contributed by atoms with E-state index in [4.69, 9.17) is 23.2 Å². The molecule has 5 N–H and O–H groups in total. The minimum Gasteiger partial charge on any atom is -0.398 e. The first-order valence-corrected chi connectivity index (χ1v) is 5.61. The summed E-state index contributed by atoms with van der Waals surface area (Å²) in [6.07, 6.45) is 2.66. The Balaban J connectivity index is 2.45. The summed E-state index contributed by atoms with van der Waals surface area (Å²) in [6.45, 7) is 0. The van der Waals surface area contributed by atoms with Crippen molar-refractivity contribution in [2.24, 2.45) is 5.84 Å². The zero-order chi connectivity index (χ0) is 13.1. The highest BCUT2D eigenvalue weighted by atomic mass is 35.5. The summed E-state index contributed by atoms with van der Waals surface area (Å²) in [5.41, 5.74) is 10.3. The topological polar surface area (TPSA) is 77.0 Å². The molecule has 0 spiro atoms.